The summed E-state index contributed by atoms with van der Waals surface area (Å²) in [7, 11) is 1.63. The fourth-order valence-electron chi connectivity index (χ4n) is 3.44. The zero-order chi connectivity index (χ0) is 18.0. The molecule has 0 aliphatic carbocycles. The lowest BCUT2D eigenvalue weighted by Crippen LogP contribution is -2.40. The quantitative estimate of drug-likeness (QED) is 0.846. The van der Waals surface area contributed by atoms with Gasteiger partial charge in [0.1, 0.15) is 0 Å². The van der Waals surface area contributed by atoms with E-state index in [1.54, 1.807) is 13.1 Å². The highest BCUT2D eigenvalue weighted by molar-refractivity contribution is 6.42. The fourth-order valence-corrected chi connectivity index (χ4v) is 3.75. The highest BCUT2D eigenvalue weighted by atomic mass is 35.5. The van der Waals surface area contributed by atoms with Crippen molar-refractivity contribution in [3.63, 3.8) is 0 Å². The van der Waals surface area contributed by atoms with Gasteiger partial charge in [-0.2, -0.15) is 0 Å². The lowest BCUT2D eigenvalue weighted by atomic mass is 9.93. The van der Waals surface area contributed by atoms with Crippen molar-refractivity contribution in [2.24, 2.45) is 0 Å². The number of benzene rings is 2. The van der Waals surface area contributed by atoms with Crippen LogP contribution in [0.2, 0.25) is 10.0 Å². The van der Waals surface area contributed by atoms with Crippen molar-refractivity contribution in [3.8, 4) is 0 Å². The molecule has 2 unspecified atom stereocenters. The van der Waals surface area contributed by atoms with Crippen LogP contribution in [0.1, 0.15) is 17.0 Å². The van der Waals surface area contributed by atoms with E-state index in [2.05, 4.69) is 17.0 Å². The van der Waals surface area contributed by atoms with Gasteiger partial charge in [0.2, 0.25) is 0 Å². The van der Waals surface area contributed by atoms with Crippen molar-refractivity contribution in [3.05, 3.63) is 69.7 Å². The monoisotopic (exact) mass is 378 g/mol. The van der Waals surface area contributed by atoms with Gasteiger partial charge in [-0.05, 0) is 23.3 Å². The number of halogens is 2. The molecule has 0 radical (unpaired) electrons. The first kappa shape index (κ1) is 18.1. The SMILES string of the molecule is CN(C(=O)O)C1CN(Cc2ccccc2)CC1c1ccc(Cl)c(Cl)c1. The Hall–Kier alpha value is -1.75. The predicted octanol–water partition coefficient (Wildman–Crippen LogP) is 4.57. The molecular formula is C19H20Cl2N2O2. The van der Waals surface area contributed by atoms with Crippen molar-refractivity contribution < 1.29 is 9.90 Å². The summed E-state index contributed by atoms with van der Waals surface area (Å²) in [5.41, 5.74) is 2.23. The summed E-state index contributed by atoms with van der Waals surface area (Å²) in [5.74, 6) is 0.0552. The molecule has 2 atom stereocenters. The number of rotatable bonds is 4. The van der Waals surface area contributed by atoms with Crippen LogP contribution in [0.3, 0.4) is 0 Å². The molecule has 2 aromatic rings. The first-order valence-electron chi connectivity index (χ1n) is 8.12. The summed E-state index contributed by atoms with van der Waals surface area (Å²) >= 11 is 12.2. The van der Waals surface area contributed by atoms with Gasteiger partial charge >= 0.3 is 6.09 Å². The molecule has 132 valence electrons. The van der Waals surface area contributed by atoms with Gasteiger partial charge in [0, 0.05) is 32.6 Å². The zero-order valence-electron chi connectivity index (χ0n) is 13.9. The Kier molecular flexibility index (Phi) is 5.52. The smallest absolute Gasteiger partial charge is 0.407 e. The third-order valence-electron chi connectivity index (χ3n) is 4.78. The van der Waals surface area contributed by atoms with Gasteiger partial charge in [-0.1, -0.05) is 59.6 Å². The summed E-state index contributed by atoms with van der Waals surface area (Å²) in [6, 6.07) is 15.6. The van der Waals surface area contributed by atoms with Gasteiger partial charge in [0.05, 0.1) is 16.1 Å². The first-order valence-corrected chi connectivity index (χ1v) is 8.88. The normalized spacial score (nSPS) is 20.6. The van der Waals surface area contributed by atoms with Gasteiger partial charge in [-0.3, -0.25) is 4.90 Å². The molecule has 0 spiro atoms. The number of hydrogen-bond donors (Lipinski definition) is 1. The van der Waals surface area contributed by atoms with Gasteiger partial charge in [0.15, 0.2) is 0 Å². The second-order valence-corrected chi connectivity index (χ2v) is 7.23. The van der Waals surface area contributed by atoms with E-state index < -0.39 is 6.09 Å². The number of carboxylic acid groups (broad SMARTS) is 1. The van der Waals surface area contributed by atoms with Crippen molar-refractivity contribution in [1.82, 2.24) is 9.80 Å². The largest absolute Gasteiger partial charge is 0.465 e. The predicted molar refractivity (Wildman–Crippen MR) is 100 cm³/mol. The molecule has 1 fully saturated rings. The molecule has 1 heterocycles. The van der Waals surface area contributed by atoms with Crippen molar-refractivity contribution in [2.75, 3.05) is 20.1 Å². The van der Waals surface area contributed by atoms with E-state index >= 15 is 0 Å². The molecule has 3 rings (SSSR count). The molecule has 1 amide bonds. The molecule has 4 nitrogen and oxygen atoms in total. The molecule has 1 saturated heterocycles. The minimum atomic E-state index is -0.920. The maximum absolute atomic E-state index is 11.5. The summed E-state index contributed by atoms with van der Waals surface area (Å²) in [6.07, 6.45) is -0.920. The van der Waals surface area contributed by atoms with Gasteiger partial charge < -0.3 is 10.0 Å². The highest BCUT2D eigenvalue weighted by Gasteiger charge is 2.38. The van der Waals surface area contributed by atoms with Crippen LogP contribution in [0.4, 0.5) is 4.79 Å². The van der Waals surface area contributed by atoms with Crippen LogP contribution < -0.4 is 0 Å². The Balaban J connectivity index is 1.85. The Bertz CT molecular complexity index is 754. The summed E-state index contributed by atoms with van der Waals surface area (Å²) in [5, 5.41) is 10.4. The van der Waals surface area contributed by atoms with Crippen LogP contribution in [0.25, 0.3) is 0 Å². The lowest BCUT2D eigenvalue weighted by Gasteiger charge is -2.27. The zero-order valence-corrected chi connectivity index (χ0v) is 15.4. The van der Waals surface area contributed by atoms with Crippen LogP contribution in [-0.2, 0) is 6.54 Å². The average molecular weight is 379 g/mol. The highest BCUT2D eigenvalue weighted by Crippen LogP contribution is 2.34. The Morgan fingerprint density at radius 1 is 1.16 bits per heavy atom. The fraction of sp³-hybridized carbons (Fsp3) is 0.316. The van der Waals surface area contributed by atoms with E-state index in [9.17, 15) is 9.90 Å². The van der Waals surface area contributed by atoms with E-state index in [-0.39, 0.29) is 12.0 Å². The Morgan fingerprint density at radius 2 is 1.88 bits per heavy atom. The maximum Gasteiger partial charge on any atom is 0.407 e. The maximum atomic E-state index is 11.5. The van der Waals surface area contributed by atoms with Gasteiger partial charge in [-0.25, -0.2) is 4.79 Å². The Labute approximate surface area is 157 Å². The number of hydrogen-bond acceptors (Lipinski definition) is 2. The summed E-state index contributed by atoms with van der Waals surface area (Å²) in [4.78, 5) is 15.2. The number of nitrogens with zero attached hydrogens (tertiary/aromatic N) is 2. The van der Waals surface area contributed by atoms with E-state index in [1.165, 1.54) is 10.5 Å². The standard InChI is InChI=1S/C19H20Cl2N2O2/c1-22(19(24)25)18-12-23(10-13-5-3-2-4-6-13)11-15(18)14-7-8-16(20)17(21)9-14/h2-9,15,18H,10-12H2,1H3,(H,24,25). The minimum Gasteiger partial charge on any atom is -0.465 e. The molecule has 6 heteroatoms. The minimum absolute atomic E-state index is 0.0552. The molecule has 0 aromatic heterocycles. The summed E-state index contributed by atoms with van der Waals surface area (Å²) in [6.45, 7) is 2.25. The number of carbonyl (C=O) groups is 1. The summed E-state index contributed by atoms with van der Waals surface area (Å²) < 4.78 is 0. The Morgan fingerprint density at radius 3 is 2.52 bits per heavy atom. The second-order valence-electron chi connectivity index (χ2n) is 6.42. The van der Waals surface area contributed by atoms with Crippen molar-refractivity contribution >= 4 is 29.3 Å². The third-order valence-corrected chi connectivity index (χ3v) is 5.52. The molecule has 1 aliphatic heterocycles. The van der Waals surface area contributed by atoms with Crippen LogP contribution in [0.5, 0.6) is 0 Å². The van der Waals surface area contributed by atoms with Crippen LogP contribution >= 0.6 is 23.2 Å². The van der Waals surface area contributed by atoms with E-state index in [1.807, 2.05) is 30.3 Å². The van der Waals surface area contributed by atoms with Gasteiger partial charge in [-0.15, -0.1) is 0 Å². The topological polar surface area (TPSA) is 43.8 Å². The molecule has 0 saturated carbocycles. The average Bonchev–Trinajstić information content (AvgIpc) is 3.01. The molecular weight excluding hydrogens is 359 g/mol. The third kappa shape index (κ3) is 4.09. The molecule has 1 aliphatic rings. The van der Waals surface area contributed by atoms with E-state index in [0.717, 1.165) is 18.7 Å². The van der Waals surface area contributed by atoms with E-state index in [0.29, 0.717) is 16.6 Å². The molecule has 25 heavy (non-hydrogen) atoms. The van der Waals surface area contributed by atoms with Crippen molar-refractivity contribution in [2.45, 2.75) is 18.5 Å². The van der Waals surface area contributed by atoms with Crippen LogP contribution in [0.15, 0.2) is 48.5 Å². The van der Waals surface area contributed by atoms with Crippen LogP contribution in [0, 0.1) is 0 Å². The number of amides is 1. The van der Waals surface area contributed by atoms with Crippen molar-refractivity contribution in [1.29, 1.82) is 0 Å². The first-order chi connectivity index (χ1) is 12.0. The molecule has 1 N–H and O–H groups in total. The molecule has 0 bridgehead atoms. The molecule has 2 aromatic carbocycles. The number of likely N-dealkylation sites (N-methyl/N-ethyl adjacent to an activating group) is 1. The van der Waals surface area contributed by atoms with E-state index in [4.69, 9.17) is 23.2 Å². The van der Waals surface area contributed by atoms with Gasteiger partial charge in [0.25, 0.3) is 0 Å². The van der Waals surface area contributed by atoms with Crippen LogP contribution in [-0.4, -0.2) is 47.2 Å². The second kappa shape index (κ2) is 7.65. The lowest BCUT2D eigenvalue weighted by molar-refractivity contribution is 0.135. The number of likely N-dealkylation sites (tertiary alicyclic amines) is 1.